The van der Waals surface area contributed by atoms with Gasteiger partial charge in [-0.2, -0.15) is 0 Å². The Bertz CT molecular complexity index is 730. The zero-order chi connectivity index (χ0) is 18.9. The van der Waals surface area contributed by atoms with E-state index in [2.05, 4.69) is 5.32 Å². The van der Waals surface area contributed by atoms with Crippen molar-refractivity contribution in [2.24, 2.45) is 0 Å². The molecule has 1 N–H and O–H groups in total. The number of benzene rings is 2. The molecule has 0 aliphatic rings. The molecule has 2 aromatic carbocycles. The van der Waals surface area contributed by atoms with Gasteiger partial charge in [0.2, 0.25) is 5.91 Å². The highest BCUT2D eigenvalue weighted by Crippen LogP contribution is 2.29. The van der Waals surface area contributed by atoms with E-state index in [-0.39, 0.29) is 11.9 Å². The van der Waals surface area contributed by atoms with Crippen molar-refractivity contribution in [3.05, 3.63) is 53.6 Å². The highest BCUT2D eigenvalue weighted by Gasteiger charge is 2.15. The SMILES string of the molecule is COc1ccc(OC)c([C@@H](C)NC(=O)CCCOc2cccc(C)c2)c1. The number of aryl methyl sites for hydroxylation is 1. The van der Waals surface area contributed by atoms with Crippen LogP contribution in [0.25, 0.3) is 0 Å². The van der Waals surface area contributed by atoms with Crippen LogP contribution in [-0.2, 0) is 4.79 Å². The number of ether oxygens (including phenoxy) is 3. The van der Waals surface area contributed by atoms with Crippen molar-refractivity contribution >= 4 is 5.91 Å². The molecule has 1 atom stereocenters. The fourth-order valence-electron chi connectivity index (χ4n) is 2.70. The van der Waals surface area contributed by atoms with Gasteiger partial charge < -0.3 is 19.5 Å². The third kappa shape index (κ3) is 5.69. The number of carbonyl (C=O) groups is 1. The van der Waals surface area contributed by atoms with Crippen LogP contribution in [0.5, 0.6) is 17.2 Å². The van der Waals surface area contributed by atoms with Crippen LogP contribution >= 0.6 is 0 Å². The van der Waals surface area contributed by atoms with Gasteiger partial charge in [-0.1, -0.05) is 12.1 Å². The average molecular weight is 357 g/mol. The molecule has 0 aliphatic carbocycles. The van der Waals surface area contributed by atoms with Gasteiger partial charge in [-0.15, -0.1) is 0 Å². The molecule has 0 saturated carbocycles. The van der Waals surface area contributed by atoms with E-state index in [0.717, 1.165) is 28.4 Å². The van der Waals surface area contributed by atoms with Gasteiger partial charge in [0.15, 0.2) is 0 Å². The van der Waals surface area contributed by atoms with Gasteiger partial charge in [0.25, 0.3) is 0 Å². The second-order valence-corrected chi connectivity index (χ2v) is 6.17. The van der Waals surface area contributed by atoms with Crippen molar-refractivity contribution in [2.45, 2.75) is 32.7 Å². The summed E-state index contributed by atoms with van der Waals surface area (Å²) in [6, 6.07) is 13.3. The fourth-order valence-corrected chi connectivity index (χ4v) is 2.70. The van der Waals surface area contributed by atoms with Crippen molar-refractivity contribution in [1.82, 2.24) is 5.32 Å². The number of hydrogen-bond donors (Lipinski definition) is 1. The number of amides is 1. The van der Waals surface area contributed by atoms with Crippen LogP contribution < -0.4 is 19.5 Å². The molecule has 5 nitrogen and oxygen atoms in total. The second-order valence-electron chi connectivity index (χ2n) is 6.17. The Labute approximate surface area is 155 Å². The number of nitrogens with one attached hydrogen (secondary N) is 1. The summed E-state index contributed by atoms with van der Waals surface area (Å²) in [5, 5.41) is 3.00. The lowest BCUT2D eigenvalue weighted by atomic mass is 10.1. The smallest absolute Gasteiger partial charge is 0.220 e. The minimum absolute atomic E-state index is 0.0183. The summed E-state index contributed by atoms with van der Waals surface area (Å²) in [6.45, 7) is 4.46. The summed E-state index contributed by atoms with van der Waals surface area (Å²) >= 11 is 0. The highest BCUT2D eigenvalue weighted by molar-refractivity contribution is 5.76. The van der Waals surface area contributed by atoms with Crippen LogP contribution in [-0.4, -0.2) is 26.7 Å². The lowest BCUT2D eigenvalue weighted by Gasteiger charge is -2.18. The standard InChI is InChI=1S/C21H27NO4/c1-15-7-5-8-18(13-15)26-12-6-9-21(23)22-16(2)19-14-17(24-3)10-11-20(19)25-4/h5,7-8,10-11,13-14,16H,6,9,12H2,1-4H3,(H,22,23)/t16-/m1/s1. The van der Waals surface area contributed by atoms with Crippen LogP contribution in [0.1, 0.15) is 36.9 Å². The topological polar surface area (TPSA) is 56.8 Å². The van der Waals surface area contributed by atoms with E-state index < -0.39 is 0 Å². The Morgan fingerprint density at radius 2 is 1.88 bits per heavy atom. The maximum Gasteiger partial charge on any atom is 0.220 e. The number of methoxy groups -OCH3 is 2. The third-order valence-electron chi connectivity index (χ3n) is 4.09. The molecule has 0 bridgehead atoms. The monoisotopic (exact) mass is 357 g/mol. The first-order valence-corrected chi connectivity index (χ1v) is 8.74. The first kappa shape index (κ1) is 19.6. The number of carbonyl (C=O) groups excluding carboxylic acids is 1. The lowest BCUT2D eigenvalue weighted by Crippen LogP contribution is -2.27. The summed E-state index contributed by atoms with van der Waals surface area (Å²) in [6.07, 6.45) is 1.06. The van der Waals surface area contributed by atoms with E-state index in [9.17, 15) is 4.79 Å². The Morgan fingerprint density at radius 3 is 2.58 bits per heavy atom. The van der Waals surface area contributed by atoms with Gasteiger partial charge in [0.05, 0.1) is 26.9 Å². The minimum atomic E-state index is -0.176. The molecule has 5 heteroatoms. The molecule has 0 heterocycles. The molecule has 0 radical (unpaired) electrons. The molecular formula is C21H27NO4. The van der Waals surface area contributed by atoms with Crippen molar-refractivity contribution < 1.29 is 19.0 Å². The van der Waals surface area contributed by atoms with Gasteiger partial charge in [0, 0.05) is 12.0 Å². The second kappa shape index (κ2) is 9.70. The highest BCUT2D eigenvalue weighted by atomic mass is 16.5. The van der Waals surface area contributed by atoms with E-state index in [4.69, 9.17) is 14.2 Å². The van der Waals surface area contributed by atoms with Crippen LogP contribution in [0.3, 0.4) is 0 Å². The van der Waals surface area contributed by atoms with Gasteiger partial charge in [-0.3, -0.25) is 4.79 Å². The van der Waals surface area contributed by atoms with Gasteiger partial charge >= 0.3 is 0 Å². The number of hydrogen-bond acceptors (Lipinski definition) is 4. The quantitative estimate of drug-likeness (QED) is 0.688. The summed E-state index contributed by atoms with van der Waals surface area (Å²) in [5.41, 5.74) is 2.04. The van der Waals surface area contributed by atoms with E-state index >= 15 is 0 Å². The van der Waals surface area contributed by atoms with Gasteiger partial charge in [-0.25, -0.2) is 0 Å². The zero-order valence-electron chi connectivity index (χ0n) is 15.9. The molecule has 0 aromatic heterocycles. The normalized spacial score (nSPS) is 11.5. The Balaban J connectivity index is 1.82. The Morgan fingerprint density at radius 1 is 1.08 bits per heavy atom. The summed E-state index contributed by atoms with van der Waals surface area (Å²) < 4.78 is 16.3. The molecule has 26 heavy (non-hydrogen) atoms. The van der Waals surface area contributed by atoms with Gasteiger partial charge in [0.1, 0.15) is 17.2 Å². The van der Waals surface area contributed by atoms with Crippen LogP contribution in [0.4, 0.5) is 0 Å². The third-order valence-corrected chi connectivity index (χ3v) is 4.09. The maximum atomic E-state index is 12.2. The van der Waals surface area contributed by atoms with E-state index in [1.807, 2.05) is 56.3 Å². The number of rotatable bonds is 9. The molecule has 140 valence electrons. The van der Waals surface area contributed by atoms with Crippen molar-refractivity contribution in [3.63, 3.8) is 0 Å². The predicted octanol–water partition coefficient (Wildman–Crippen LogP) is 4.05. The lowest BCUT2D eigenvalue weighted by molar-refractivity contribution is -0.121. The molecule has 0 saturated heterocycles. The molecule has 2 rings (SSSR count). The molecular weight excluding hydrogens is 330 g/mol. The van der Waals surface area contributed by atoms with E-state index in [0.29, 0.717) is 19.4 Å². The summed E-state index contributed by atoms with van der Waals surface area (Å²) in [7, 11) is 3.23. The fraction of sp³-hybridized carbons (Fsp3) is 0.381. The molecule has 1 amide bonds. The molecule has 0 unspecified atom stereocenters. The van der Waals surface area contributed by atoms with E-state index in [1.165, 1.54) is 0 Å². The molecule has 0 fully saturated rings. The average Bonchev–Trinajstić information content (AvgIpc) is 2.64. The maximum absolute atomic E-state index is 12.2. The van der Waals surface area contributed by atoms with Crippen molar-refractivity contribution in [1.29, 1.82) is 0 Å². The van der Waals surface area contributed by atoms with E-state index in [1.54, 1.807) is 14.2 Å². The Hall–Kier alpha value is -2.69. The molecule has 0 spiro atoms. The van der Waals surface area contributed by atoms with Crippen LogP contribution in [0, 0.1) is 6.92 Å². The minimum Gasteiger partial charge on any atom is -0.497 e. The van der Waals surface area contributed by atoms with Crippen LogP contribution in [0.2, 0.25) is 0 Å². The molecule has 0 aliphatic heterocycles. The predicted molar refractivity (Wildman–Crippen MR) is 102 cm³/mol. The summed E-state index contributed by atoms with van der Waals surface area (Å²) in [5.74, 6) is 2.27. The largest absolute Gasteiger partial charge is 0.497 e. The van der Waals surface area contributed by atoms with Gasteiger partial charge in [-0.05, 0) is 56.2 Å². The zero-order valence-corrected chi connectivity index (χ0v) is 15.9. The first-order chi connectivity index (χ1) is 12.5. The Kier molecular flexibility index (Phi) is 7.33. The first-order valence-electron chi connectivity index (χ1n) is 8.74. The van der Waals surface area contributed by atoms with Crippen molar-refractivity contribution in [3.8, 4) is 17.2 Å². The molecule has 2 aromatic rings. The van der Waals surface area contributed by atoms with Crippen molar-refractivity contribution in [2.75, 3.05) is 20.8 Å². The summed E-state index contributed by atoms with van der Waals surface area (Å²) in [4.78, 5) is 12.2. The van der Waals surface area contributed by atoms with Crippen LogP contribution in [0.15, 0.2) is 42.5 Å².